The van der Waals surface area contributed by atoms with Gasteiger partial charge in [0.2, 0.25) is 10.8 Å². The van der Waals surface area contributed by atoms with E-state index < -0.39 is 10.4 Å². The van der Waals surface area contributed by atoms with Gasteiger partial charge in [-0.2, -0.15) is 4.98 Å². The number of benzene rings is 1. The molecule has 2 aromatic heterocycles. The van der Waals surface area contributed by atoms with Crippen molar-refractivity contribution in [2.75, 3.05) is 43.5 Å². The standard InChI is InChI=1S/C20H24N6O4S/c1-14-19(15(2)30-24-14)31(27,28)26-11-9-25(10-12-26)20-21-8-7-18(23-20)22-16-5-4-6-17(13-16)29-3/h4-8,13H,9-12H2,1-3H3,(H-,21,22,23,27,28). The third-order valence-corrected chi connectivity index (χ3v) is 7.22. The molecule has 164 valence electrons. The molecule has 0 saturated carbocycles. The van der Waals surface area contributed by atoms with Gasteiger partial charge in [-0.25, -0.2) is 4.98 Å². The van der Waals surface area contributed by atoms with Crippen LogP contribution in [0.3, 0.4) is 0 Å². The molecule has 1 aliphatic rings. The highest BCUT2D eigenvalue weighted by molar-refractivity contribution is 7.95. The monoisotopic (exact) mass is 444 g/mol. The number of piperazine rings is 1. The number of aryl methyl sites for hydroxylation is 2. The number of anilines is 3. The third kappa shape index (κ3) is 4.38. The first-order valence-corrected chi connectivity index (χ1v) is 11.2. The van der Waals surface area contributed by atoms with Crippen molar-refractivity contribution in [3.05, 3.63) is 48.0 Å². The molecule has 10 nitrogen and oxygen atoms in total. The van der Waals surface area contributed by atoms with Crippen LogP contribution in [0.4, 0.5) is 17.5 Å². The summed E-state index contributed by atoms with van der Waals surface area (Å²) in [6.45, 7) is 4.84. The lowest BCUT2D eigenvalue weighted by Crippen LogP contribution is -2.51. The minimum Gasteiger partial charge on any atom is -0.593 e. The zero-order chi connectivity index (χ0) is 22.0. The van der Waals surface area contributed by atoms with Gasteiger partial charge >= 0.3 is 0 Å². The zero-order valence-electron chi connectivity index (χ0n) is 17.6. The lowest BCUT2D eigenvalue weighted by Gasteiger charge is -2.35. The van der Waals surface area contributed by atoms with Gasteiger partial charge in [-0.15, -0.1) is 4.31 Å². The third-order valence-electron chi connectivity index (χ3n) is 5.07. The van der Waals surface area contributed by atoms with Crippen LogP contribution in [-0.4, -0.2) is 57.3 Å². The Morgan fingerprint density at radius 1 is 1.19 bits per heavy atom. The summed E-state index contributed by atoms with van der Waals surface area (Å²) in [6.07, 6.45) is 1.68. The number of aromatic nitrogens is 3. The molecule has 1 aromatic carbocycles. The first-order valence-electron chi connectivity index (χ1n) is 9.80. The minimum atomic E-state index is -3.66. The smallest absolute Gasteiger partial charge is 0.240 e. The summed E-state index contributed by atoms with van der Waals surface area (Å²) in [6, 6.07) is 9.33. The summed E-state index contributed by atoms with van der Waals surface area (Å²) in [7, 11) is -2.04. The normalized spacial score (nSPS) is 16.7. The van der Waals surface area contributed by atoms with Crippen molar-refractivity contribution in [2.24, 2.45) is 0 Å². The van der Waals surface area contributed by atoms with Crippen LogP contribution in [0.2, 0.25) is 0 Å². The molecule has 3 heterocycles. The van der Waals surface area contributed by atoms with Gasteiger partial charge in [-0.05, 0) is 25.1 Å². The van der Waals surface area contributed by atoms with Crippen LogP contribution in [0.15, 0.2) is 45.9 Å². The van der Waals surface area contributed by atoms with Crippen molar-refractivity contribution in [3.8, 4) is 5.75 Å². The van der Waals surface area contributed by atoms with E-state index in [2.05, 4.69) is 20.4 Å². The van der Waals surface area contributed by atoms with Crippen LogP contribution in [0.5, 0.6) is 5.75 Å². The number of methoxy groups -OCH3 is 1. The van der Waals surface area contributed by atoms with Gasteiger partial charge in [0.05, 0.1) is 20.2 Å². The Kier molecular flexibility index (Phi) is 5.90. The molecule has 1 unspecified atom stereocenters. The quantitative estimate of drug-likeness (QED) is 0.572. The maximum atomic E-state index is 13.0. The van der Waals surface area contributed by atoms with E-state index in [-0.39, 0.29) is 4.90 Å². The summed E-state index contributed by atoms with van der Waals surface area (Å²) in [5.74, 6) is 2.24. The lowest BCUT2D eigenvalue weighted by atomic mass is 10.3. The van der Waals surface area contributed by atoms with E-state index in [0.717, 1.165) is 11.4 Å². The fraction of sp³-hybridized carbons (Fsp3) is 0.350. The molecule has 1 N–H and O–H groups in total. The predicted molar refractivity (Wildman–Crippen MR) is 115 cm³/mol. The van der Waals surface area contributed by atoms with E-state index >= 15 is 0 Å². The Morgan fingerprint density at radius 2 is 1.97 bits per heavy atom. The van der Waals surface area contributed by atoms with Crippen molar-refractivity contribution in [1.29, 1.82) is 0 Å². The first-order chi connectivity index (χ1) is 14.9. The van der Waals surface area contributed by atoms with Crippen LogP contribution in [0.25, 0.3) is 0 Å². The molecule has 31 heavy (non-hydrogen) atoms. The van der Waals surface area contributed by atoms with Gasteiger partial charge in [0.15, 0.2) is 16.2 Å². The topological polar surface area (TPSA) is 120 Å². The van der Waals surface area contributed by atoms with Gasteiger partial charge in [0, 0.05) is 38.0 Å². The van der Waals surface area contributed by atoms with Crippen LogP contribution >= 0.6 is 0 Å². The fourth-order valence-electron chi connectivity index (χ4n) is 3.52. The van der Waals surface area contributed by atoms with Crippen LogP contribution in [-0.2, 0) is 14.6 Å². The summed E-state index contributed by atoms with van der Waals surface area (Å²) in [5, 5.41) is 7.01. The molecule has 4 rings (SSSR count). The molecule has 1 aliphatic heterocycles. The second kappa shape index (κ2) is 8.61. The van der Waals surface area contributed by atoms with E-state index in [4.69, 9.17) is 9.26 Å². The molecule has 0 bridgehead atoms. The van der Waals surface area contributed by atoms with Gasteiger partial charge in [-0.1, -0.05) is 15.4 Å². The Bertz CT molecular complexity index is 1090. The summed E-state index contributed by atoms with van der Waals surface area (Å²) in [4.78, 5) is 11.1. The molecule has 1 saturated heterocycles. The van der Waals surface area contributed by atoms with Crippen molar-refractivity contribution >= 4 is 27.9 Å². The predicted octanol–water partition coefficient (Wildman–Crippen LogP) is 2.56. The summed E-state index contributed by atoms with van der Waals surface area (Å²) in [5.41, 5.74) is 1.22. The van der Waals surface area contributed by atoms with E-state index in [9.17, 15) is 8.76 Å². The van der Waals surface area contributed by atoms with Crippen LogP contribution < -0.4 is 15.0 Å². The van der Waals surface area contributed by atoms with Crippen molar-refractivity contribution in [2.45, 2.75) is 18.7 Å². The lowest BCUT2D eigenvalue weighted by molar-refractivity contribution is 0.334. The average Bonchev–Trinajstić information content (AvgIpc) is 3.13. The molecular formula is C20H24N6O4S. The molecule has 0 aliphatic carbocycles. The van der Waals surface area contributed by atoms with Gasteiger partial charge in [-0.3, -0.25) is 0 Å². The average molecular weight is 445 g/mol. The van der Waals surface area contributed by atoms with Crippen molar-refractivity contribution in [1.82, 2.24) is 19.4 Å². The minimum absolute atomic E-state index is 0.154. The maximum Gasteiger partial charge on any atom is 0.240 e. The zero-order valence-corrected chi connectivity index (χ0v) is 18.4. The Balaban J connectivity index is 1.44. The maximum absolute atomic E-state index is 13.0. The second-order valence-corrected chi connectivity index (χ2v) is 9.02. The Labute approximate surface area is 181 Å². The number of nitrogens with zero attached hydrogens (tertiary/aromatic N) is 5. The van der Waals surface area contributed by atoms with Gasteiger partial charge in [0.25, 0.3) is 0 Å². The second-order valence-electron chi connectivity index (χ2n) is 7.14. The Hall–Kier alpha value is -3.02. The highest BCUT2D eigenvalue weighted by Gasteiger charge is 2.38. The van der Waals surface area contributed by atoms with Crippen LogP contribution in [0.1, 0.15) is 11.5 Å². The number of ether oxygens (including phenoxy) is 1. The molecule has 1 fully saturated rings. The molecule has 0 radical (unpaired) electrons. The number of hydrogen-bond acceptors (Lipinski definition) is 9. The van der Waals surface area contributed by atoms with Crippen molar-refractivity contribution < 1.29 is 18.0 Å². The molecule has 1 atom stereocenters. The first kappa shape index (κ1) is 21.2. The number of rotatable bonds is 6. The van der Waals surface area contributed by atoms with E-state index in [1.54, 1.807) is 33.2 Å². The Morgan fingerprint density at radius 3 is 2.65 bits per heavy atom. The number of hydrogen-bond donors (Lipinski definition) is 1. The highest BCUT2D eigenvalue weighted by atomic mass is 32.3. The number of nitrogens with one attached hydrogen (secondary N) is 1. The van der Waals surface area contributed by atoms with Crippen molar-refractivity contribution in [3.63, 3.8) is 0 Å². The largest absolute Gasteiger partial charge is 0.593 e. The van der Waals surface area contributed by atoms with E-state index in [1.807, 2.05) is 29.2 Å². The van der Waals surface area contributed by atoms with Gasteiger partial charge in [0.1, 0.15) is 17.3 Å². The molecule has 3 aromatic rings. The molecule has 0 spiro atoms. The SMILES string of the molecule is COc1cccc(Nc2ccnc(N3CCN([S+](=O)([O-])c4c(C)noc4C)CC3)n2)c1. The molecular weight excluding hydrogens is 420 g/mol. The molecule has 0 amide bonds. The summed E-state index contributed by atoms with van der Waals surface area (Å²) < 4.78 is 37.7. The highest BCUT2D eigenvalue weighted by Crippen LogP contribution is 2.29. The number of sulfonamides is 1. The van der Waals surface area contributed by atoms with E-state index in [0.29, 0.717) is 49.4 Å². The summed E-state index contributed by atoms with van der Waals surface area (Å²) >= 11 is 0. The van der Waals surface area contributed by atoms with E-state index in [1.165, 1.54) is 4.31 Å². The molecule has 11 heteroatoms. The van der Waals surface area contributed by atoms with Gasteiger partial charge < -0.3 is 24.0 Å². The fourth-order valence-corrected chi connectivity index (χ4v) is 5.23. The van der Waals surface area contributed by atoms with Crippen LogP contribution in [0, 0.1) is 13.8 Å².